The summed E-state index contributed by atoms with van der Waals surface area (Å²) in [5.41, 5.74) is 3.25. The number of aryl methyl sites for hydroxylation is 1. The van der Waals surface area contributed by atoms with Crippen molar-refractivity contribution < 1.29 is 5.11 Å². The summed E-state index contributed by atoms with van der Waals surface area (Å²) in [5.74, 6) is 0.957. The summed E-state index contributed by atoms with van der Waals surface area (Å²) in [6, 6.07) is 0. The monoisotopic (exact) mass is 290 g/mol. The van der Waals surface area contributed by atoms with Crippen molar-refractivity contribution in [3.05, 3.63) is 23.1 Å². The predicted octanol–water partition coefficient (Wildman–Crippen LogP) is 2.73. The second-order valence-electron chi connectivity index (χ2n) is 4.39. The van der Waals surface area contributed by atoms with E-state index in [4.69, 9.17) is 0 Å². The van der Waals surface area contributed by atoms with Gasteiger partial charge in [-0.1, -0.05) is 6.92 Å². The summed E-state index contributed by atoms with van der Waals surface area (Å²) in [6.07, 6.45) is 2.45. The van der Waals surface area contributed by atoms with Crippen molar-refractivity contribution in [1.29, 1.82) is 0 Å². The summed E-state index contributed by atoms with van der Waals surface area (Å²) < 4.78 is 5.85. The van der Waals surface area contributed by atoms with Gasteiger partial charge in [-0.3, -0.25) is 4.99 Å². The van der Waals surface area contributed by atoms with Gasteiger partial charge in [0.25, 0.3) is 0 Å². The Morgan fingerprint density at radius 1 is 1.45 bits per heavy atom. The van der Waals surface area contributed by atoms with Crippen molar-refractivity contribution >= 4 is 28.1 Å². The Bertz CT molecular complexity index is 699. The standard InChI is InChI=1S/C12H14N6OS/c1-3-10-13-5-9-11(7(2)17-18(9)10)15-16-12-8(6-19)4-14-20-12/h4,19H,3,5-6H2,1-2H3. The van der Waals surface area contributed by atoms with Crippen LogP contribution in [0.2, 0.25) is 0 Å². The SMILES string of the molecule is CCC1=NCc2c(N=Nc3sncc3CO)c(C)nn21. The molecule has 0 unspecified atom stereocenters. The van der Waals surface area contributed by atoms with Gasteiger partial charge in [0, 0.05) is 18.2 Å². The minimum absolute atomic E-state index is 0.0843. The van der Waals surface area contributed by atoms with Crippen LogP contribution in [0.15, 0.2) is 21.4 Å². The third-order valence-electron chi connectivity index (χ3n) is 3.13. The van der Waals surface area contributed by atoms with E-state index in [0.29, 0.717) is 17.1 Å². The lowest BCUT2D eigenvalue weighted by Gasteiger charge is -1.96. The van der Waals surface area contributed by atoms with Gasteiger partial charge in [0.05, 0.1) is 24.5 Å². The van der Waals surface area contributed by atoms with E-state index in [2.05, 4.69) is 31.6 Å². The third-order valence-corrected chi connectivity index (χ3v) is 3.85. The Kier molecular flexibility index (Phi) is 3.41. The number of rotatable bonds is 4. The fourth-order valence-corrected chi connectivity index (χ4v) is 2.68. The van der Waals surface area contributed by atoms with Crippen LogP contribution in [0.3, 0.4) is 0 Å². The topological polar surface area (TPSA) is 88.0 Å². The highest BCUT2D eigenvalue weighted by Crippen LogP contribution is 2.31. The number of aliphatic hydroxyl groups excluding tert-OH is 1. The highest BCUT2D eigenvalue weighted by atomic mass is 32.1. The zero-order chi connectivity index (χ0) is 14.1. The third kappa shape index (κ3) is 2.06. The van der Waals surface area contributed by atoms with Crippen LogP contribution in [0.25, 0.3) is 0 Å². The Hall–Kier alpha value is -1.93. The Labute approximate surface area is 119 Å². The summed E-state index contributed by atoms with van der Waals surface area (Å²) in [4.78, 5) is 4.43. The number of aliphatic imine (C=N–C) groups is 1. The van der Waals surface area contributed by atoms with Gasteiger partial charge in [0.1, 0.15) is 11.5 Å². The van der Waals surface area contributed by atoms with Gasteiger partial charge < -0.3 is 5.11 Å². The number of hydrogen-bond acceptors (Lipinski definition) is 7. The molecule has 0 saturated carbocycles. The Balaban J connectivity index is 1.94. The number of hydrogen-bond donors (Lipinski definition) is 1. The van der Waals surface area contributed by atoms with E-state index in [1.54, 1.807) is 6.20 Å². The molecule has 104 valence electrons. The molecule has 0 spiro atoms. The lowest BCUT2D eigenvalue weighted by Crippen LogP contribution is -2.09. The molecule has 8 heteroatoms. The van der Waals surface area contributed by atoms with Crippen molar-refractivity contribution in [2.75, 3.05) is 0 Å². The lowest BCUT2D eigenvalue weighted by molar-refractivity contribution is 0.282. The average Bonchev–Trinajstić information content (AvgIpc) is 3.11. The van der Waals surface area contributed by atoms with E-state index in [1.165, 1.54) is 11.5 Å². The van der Waals surface area contributed by atoms with Gasteiger partial charge >= 0.3 is 0 Å². The number of nitrogens with zero attached hydrogens (tertiary/aromatic N) is 6. The van der Waals surface area contributed by atoms with Crippen LogP contribution in [-0.2, 0) is 13.2 Å². The first-order valence-corrected chi connectivity index (χ1v) is 7.10. The van der Waals surface area contributed by atoms with Crippen molar-refractivity contribution in [2.24, 2.45) is 15.2 Å². The van der Waals surface area contributed by atoms with E-state index in [9.17, 15) is 5.11 Å². The van der Waals surface area contributed by atoms with Gasteiger partial charge in [-0.05, 0) is 18.5 Å². The molecule has 3 heterocycles. The van der Waals surface area contributed by atoms with Crippen LogP contribution in [0, 0.1) is 6.92 Å². The molecule has 7 nitrogen and oxygen atoms in total. The maximum atomic E-state index is 9.17. The molecule has 0 saturated heterocycles. The van der Waals surface area contributed by atoms with Crippen LogP contribution in [-0.4, -0.2) is 25.1 Å². The van der Waals surface area contributed by atoms with E-state index in [1.807, 2.05) is 11.6 Å². The van der Waals surface area contributed by atoms with Crippen LogP contribution >= 0.6 is 11.5 Å². The molecular weight excluding hydrogens is 276 g/mol. The zero-order valence-electron chi connectivity index (χ0n) is 11.2. The number of fused-ring (bicyclic) bond motifs is 1. The molecule has 20 heavy (non-hydrogen) atoms. The van der Waals surface area contributed by atoms with Crippen LogP contribution in [0.4, 0.5) is 10.7 Å². The van der Waals surface area contributed by atoms with Crippen molar-refractivity contribution in [3.8, 4) is 0 Å². The van der Waals surface area contributed by atoms with Crippen molar-refractivity contribution in [1.82, 2.24) is 14.2 Å². The molecule has 1 aliphatic rings. The molecule has 2 aromatic rings. The van der Waals surface area contributed by atoms with E-state index in [-0.39, 0.29) is 6.61 Å². The highest BCUT2D eigenvalue weighted by molar-refractivity contribution is 7.10. The normalized spacial score (nSPS) is 14.1. The first kappa shape index (κ1) is 13.1. The van der Waals surface area contributed by atoms with Crippen LogP contribution in [0.5, 0.6) is 0 Å². The van der Waals surface area contributed by atoms with Gasteiger partial charge in [-0.2, -0.15) is 9.47 Å². The number of aromatic nitrogens is 3. The van der Waals surface area contributed by atoms with Gasteiger partial charge in [-0.25, -0.2) is 4.68 Å². The molecule has 0 aromatic carbocycles. The first-order valence-electron chi connectivity index (χ1n) is 6.33. The van der Waals surface area contributed by atoms with Gasteiger partial charge in [0.15, 0.2) is 5.00 Å². The van der Waals surface area contributed by atoms with Crippen molar-refractivity contribution in [3.63, 3.8) is 0 Å². The molecule has 0 fully saturated rings. The van der Waals surface area contributed by atoms with Gasteiger partial charge in [-0.15, -0.1) is 10.2 Å². The second kappa shape index (κ2) is 5.22. The zero-order valence-corrected chi connectivity index (χ0v) is 12.1. The van der Waals surface area contributed by atoms with E-state index < -0.39 is 0 Å². The van der Waals surface area contributed by atoms with Crippen LogP contribution in [0.1, 0.15) is 30.3 Å². The molecule has 0 bridgehead atoms. The molecule has 2 aromatic heterocycles. The lowest BCUT2D eigenvalue weighted by atomic mass is 10.3. The second-order valence-corrected chi connectivity index (χ2v) is 5.17. The van der Waals surface area contributed by atoms with E-state index >= 15 is 0 Å². The summed E-state index contributed by atoms with van der Waals surface area (Å²) in [6.45, 7) is 4.47. The summed E-state index contributed by atoms with van der Waals surface area (Å²) in [7, 11) is 0. The number of aliphatic hydroxyl groups is 1. The fourth-order valence-electron chi connectivity index (χ4n) is 2.09. The average molecular weight is 290 g/mol. The first-order chi connectivity index (χ1) is 9.74. The van der Waals surface area contributed by atoms with Crippen molar-refractivity contribution in [2.45, 2.75) is 33.4 Å². The largest absolute Gasteiger partial charge is 0.392 e. The minimum Gasteiger partial charge on any atom is -0.392 e. The summed E-state index contributed by atoms with van der Waals surface area (Å²) >= 11 is 1.21. The molecule has 0 radical (unpaired) electrons. The molecular formula is C12H14N6OS. The quantitative estimate of drug-likeness (QED) is 0.878. The molecule has 0 atom stereocenters. The van der Waals surface area contributed by atoms with Gasteiger partial charge in [0.2, 0.25) is 0 Å². The predicted molar refractivity (Wildman–Crippen MR) is 76.0 cm³/mol. The maximum Gasteiger partial charge on any atom is 0.164 e. The Morgan fingerprint density at radius 3 is 3.05 bits per heavy atom. The molecule has 0 aliphatic carbocycles. The Morgan fingerprint density at radius 2 is 2.30 bits per heavy atom. The number of azo groups is 1. The minimum atomic E-state index is -0.0843. The smallest absolute Gasteiger partial charge is 0.164 e. The fraction of sp³-hybridized carbons (Fsp3) is 0.417. The molecule has 1 aliphatic heterocycles. The highest BCUT2D eigenvalue weighted by Gasteiger charge is 2.22. The van der Waals surface area contributed by atoms with Crippen LogP contribution < -0.4 is 0 Å². The van der Waals surface area contributed by atoms with E-state index in [0.717, 1.165) is 29.3 Å². The molecule has 0 amide bonds. The summed E-state index contributed by atoms with van der Waals surface area (Å²) in [5, 5.41) is 22.7. The maximum absolute atomic E-state index is 9.17. The molecule has 1 N–H and O–H groups in total. The molecule has 3 rings (SSSR count).